The summed E-state index contributed by atoms with van der Waals surface area (Å²) in [5.74, 6) is 0.679. The van der Waals surface area contributed by atoms with Crippen LogP contribution < -0.4 is 10.6 Å². The van der Waals surface area contributed by atoms with E-state index < -0.39 is 0 Å². The Balaban J connectivity index is 1.50. The second kappa shape index (κ2) is 7.53. The average Bonchev–Trinajstić information content (AvgIpc) is 3.20. The summed E-state index contributed by atoms with van der Waals surface area (Å²) in [6, 6.07) is 17.7. The predicted octanol–water partition coefficient (Wildman–Crippen LogP) is 2.15. The van der Waals surface area contributed by atoms with Crippen LogP contribution in [0.5, 0.6) is 0 Å². The lowest BCUT2D eigenvalue weighted by Crippen LogP contribution is -2.52. The van der Waals surface area contributed by atoms with Gasteiger partial charge in [0.2, 0.25) is 5.91 Å². The largest absolute Gasteiger partial charge is 0.348 e. The fourth-order valence-electron chi connectivity index (χ4n) is 4.33. The van der Waals surface area contributed by atoms with E-state index >= 15 is 0 Å². The van der Waals surface area contributed by atoms with E-state index in [0.29, 0.717) is 24.6 Å². The summed E-state index contributed by atoms with van der Waals surface area (Å²) in [6.07, 6.45) is 0.999. The van der Waals surface area contributed by atoms with E-state index in [1.807, 2.05) is 60.5 Å². The molecule has 2 aliphatic rings. The number of hydrogen-bond acceptors (Lipinski definition) is 3. The van der Waals surface area contributed by atoms with Crippen LogP contribution in [-0.2, 0) is 11.3 Å². The lowest BCUT2D eigenvalue weighted by Gasteiger charge is -2.38. The van der Waals surface area contributed by atoms with Crippen molar-refractivity contribution in [2.45, 2.75) is 24.9 Å². The Morgan fingerprint density at radius 2 is 2.00 bits per heavy atom. The predicted molar refractivity (Wildman–Crippen MR) is 104 cm³/mol. The molecular weight excluding hydrogens is 338 g/mol. The molecule has 2 N–H and O–H groups in total. The zero-order valence-corrected chi connectivity index (χ0v) is 15.5. The monoisotopic (exact) mass is 363 g/mol. The molecule has 2 amide bonds. The van der Waals surface area contributed by atoms with Gasteiger partial charge in [-0.1, -0.05) is 42.5 Å². The Labute approximate surface area is 159 Å². The van der Waals surface area contributed by atoms with Gasteiger partial charge in [0.05, 0.1) is 6.04 Å². The van der Waals surface area contributed by atoms with Crippen molar-refractivity contribution in [3.05, 3.63) is 71.3 Å². The second-order valence-electron chi connectivity index (χ2n) is 7.50. The minimum absolute atomic E-state index is 0.0676. The Morgan fingerprint density at radius 1 is 1.19 bits per heavy atom. The van der Waals surface area contributed by atoms with E-state index in [-0.39, 0.29) is 23.8 Å². The number of nitrogens with one attached hydrogen (secondary N) is 2. The van der Waals surface area contributed by atoms with Crippen molar-refractivity contribution in [3.8, 4) is 0 Å². The van der Waals surface area contributed by atoms with Gasteiger partial charge in [-0.05, 0) is 42.1 Å². The first-order valence-electron chi connectivity index (χ1n) is 9.54. The molecule has 2 aromatic rings. The number of likely N-dealkylation sites (N-methyl/N-ethyl adjacent to an activating group) is 1. The molecule has 2 fully saturated rings. The molecule has 0 spiro atoms. The van der Waals surface area contributed by atoms with E-state index in [1.54, 1.807) is 0 Å². The molecule has 3 unspecified atom stereocenters. The number of amides is 2. The summed E-state index contributed by atoms with van der Waals surface area (Å²) in [4.78, 5) is 26.8. The smallest absolute Gasteiger partial charge is 0.251 e. The van der Waals surface area contributed by atoms with Crippen LogP contribution >= 0.6 is 0 Å². The number of fused-ring (bicyclic) bond motifs is 1. The summed E-state index contributed by atoms with van der Waals surface area (Å²) >= 11 is 0. The summed E-state index contributed by atoms with van der Waals surface area (Å²) < 4.78 is 0. The lowest BCUT2D eigenvalue weighted by atomic mass is 9.77. The van der Waals surface area contributed by atoms with Gasteiger partial charge in [0.15, 0.2) is 0 Å². The molecule has 4 rings (SSSR count). The van der Waals surface area contributed by atoms with Crippen LogP contribution in [0.2, 0.25) is 0 Å². The van der Waals surface area contributed by atoms with E-state index in [9.17, 15) is 9.59 Å². The number of carbonyl (C=O) groups excluding carboxylic acids is 2. The number of nitrogens with zero attached hydrogens (tertiary/aromatic N) is 1. The maximum absolute atomic E-state index is 12.6. The van der Waals surface area contributed by atoms with Gasteiger partial charge in [-0.25, -0.2) is 0 Å². The normalized spacial score (nSPS) is 24.6. The minimum atomic E-state index is -0.0932. The maximum atomic E-state index is 12.6. The molecule has 5 heteroatoms. The first-order valence-corrected chi connectivity index (χ1v) is 9.54. The molecule has 0 bridgehead atoms. The van der Waals surface area contributed by atoms with E-state index in [1.165, 1.54) is 0 Å². The molecule has 140 valence electrons. The highest BCUT2D eigenvalue weighted by Gasteiger charge is 2.44. The lowest BCUT2D eigenvalue weighted by molar-refractivity contribution is -0.136. The highest BCUT2D eigenvalue weighted by Crippen LogP contribution is 2.37. The fourth-order valence-corrected chi connectivity index (χ4v) is 4.33. The van der Waals surface area contributed by atoms with Crippen molar-refractivity contribution in [2.75, 3.05) is 20.1 Å². The number of hydrogen-bond donors (Lipinski definition) is 2. The Kier molecular flexibility index (Phi) is 4.94. The number of piperidine rings is 1. The quantitative estimate of drug-likeness (QED) is 0.875. The van der Waals surface area contributed by atoms with Crippen LogP contribution in [-0.4, -0.2) is 42.9 Å². The van der Waals surface area contributed by atoms with Crippen LogP contribution in [0.4, 0.5) is 0 Å². The Morgan fingerprint density at radius 3 is 2.81 bits per heavy atom. The highest BCUT2D eigenvalue weighted by molar-refractivity contribution is 5.94. The summed E-state index contributed by atoms with van der Waals surface area (Å²) in [6.45, 7) is 2.10. The Bertz CT molecular complexity index is 836. The maximum Gasteiger partial charge on any atom is 0.251 e. The third kappa shape index (κ3) is 3.60. The summed E-state index contributed by atoms with van der Waals surface area (Å²) in [7, 11) is 1.86. The molecule has 0 aromatic heterocycles. The van der Waals surface area contributed by atoms with Crippen LogP contribution in [0.15, 0.2) is 54.6 Å². The van der Waals surface area contributed by atoms with Gasteiger partial charge < -0.3 is 15.5 Å². The van der Waals surface area contributed by atoms with Crippen molar-refractivity contribution in [1.29, 1.82) is 0 Å². The van der Waals surface area contributed by atoms with Crippen molar-refractivity contribution in [1.82, 2.24) is 15.5 Å². The van der Waals surface area contributed by atoms with E-state index in [0.717, 1.165) is 24.1 Å². The van der Waals surface area contributed by atoms with E-state index in [2.05, 4.69) is 16.7 Å². The van der Waals surface area contributed by atoms with Gasteiger partial charge in [0.1, 0.15) is 0 Å². The van der Waals surface area contributed by atoms with Gasteiger partial charge >= 0.3 is 0 Å². The van der Waals surface area contributed by atoms with Crippen molar-refractivity contribution >= 4 is 11.8 Å². The Hall–Kier alpha value is -2.66. The van der Waals surface area contributed by atoms with Crippen LogP contribution in [0.25, 0.3) is 0 Å². The number of likely N-dealkylation sites (tertiary alicyclic amines) is 1. The number of rotatable bonds is 4. The minimum Gasteiger partial charge on any atom is -0.348 e. The molecular formula is C22H25N3O2. The summed E-state index contributed by atoms with van der Waals surface area (Å²) in [5.41, 5.74) is 2.89. The van der Waals surface area contributed by atoms with Crippen molar-refractivity contribution in [2.24, 2.45) is 5.92 Å². The van der Waals surface area contributed by atoms with Crippen molar-refractivity contribution < 1.29 is 9.59 Å². The molecule has 2 saturated heterocycles. The molecule has 2 heterocycles. The van der Waals surface area contributed by atoms with Gasteiger partial charge in [-0.3, -0.25) is 9.59 Å². The zero-order chi connectivity index (χ0) is 18.8. The third-order valence-electron chi connectivity index (χ3n) is 5.77. The third-order valence-corrected chi connectivity index (χ3v) is 5.77. The fraction of sp³-hybridized carbons (Fsp3) is 0.364. The van der Waals surface area contributed by atoms with Gasteiger partial charge in [-0.15, -0.1) is 0 Å². The van der Waals surface area contributed by atoms with Gasteiger partial charge in [0, 0.05) is 31.6 Å². The standard InChI is InChI=1S/C22H25N3O2/c1-25-14-19(18-10-11-23-20(18)22(25)27)16-8-5-9-17(12-16)21(26)24-13-15-6-3-2-4-7-15/h2-9,12,18-20,23H,10-11,13-14H2,1H3,(H,24,26). The molecule has 0 radical (unpaired) electrons. The van der Waals surface area contributed by atoms with Crippen LogP contribution in [0.1, 0.15) is 33.8 Å². The topological polar surface area (TPSA) is 61.4 Å². The summed E-state index contributed by atoms with van der Waals surface area (Å²) in [5, 5.41) is 6.34. The molecule has 0 aliphatic carbocycles. The first kappa shape index (κ1) is 17.7. The SMILES string of the molecule is CN1CC(c2cccc(C(=O)NCc3ccccc3)c2)C2CCNC2C1=O. The molecule has 0 saturated carbocycles. The molecule has 2 aliphatic heterocycles. The molecule has 5 nitrogen and oxygen atoms in total. The average molecular weight is 363 g/mol. The molecule has 27 heavy (non-hydrogen) atoms. The van der Waals surface area contributed by atoms with Crippen LogP contribution in [0.3, 0.4) is 0 Å². The molecule has 3 atom stereocenters. The van der Waals surface area contributed by atoms with Crippen molar-refractivity contribution in [3.63, 3.8) is 0 Å². The van der Waals surface area contributed by atoms with Crippen LogP contribution in [0, 0.1) is 5.92 Å². The zero-order valence-electron chi connectivity index (χ0n) is 15.5. The van der Waals surface area contributed by atoms with Gasteiger partial charge in [0.25, 0.3) is 5.91 Å². The highest BCUT2D eigenvalue weighted by atomic mass is 16.2. The van der Waals surface area contributed by atoms with Gasteiger partial charge in [-0.2, -0.15) is 0 Å². The number of carbonyl (C=O) groups is 2. The first-order chi connectivity index (χ1) is 13.1. The number of benzene rings is 2. The molecule has 2 aromatic carbocycles. The van der Waals surface area contributed by atoms with E-state index in [4.69, 9.17) is 0 Å². The second-order valence-corrected chi connectivity index (χ2v) is 7.50.